The van der Waals surface area contributed by atoms with Crippen molar-refractivity contribution in [2.75, 3.05) is 0 Å². The molecule has 0 aromatic carbocycles. The van der Waals surface area contributed by atoms with Gasteiger partial charge in [-0.15, -0.1) is 0 Å². The topological polar surface area (TPSA) is 0 Å². The molecule has 2 rings (SSSR count). The molecule has 0 heteroatoms. The van der Waals surface area contributed by atoms with Gasteiger partial charge in [0, 0.05) is 5.41 Å². The van der Waals surface area contributed by atoms with Crippen molar-refractivity contribution in [3.63, 3.8) is 0 Å². The molecular weight excluding hydrogens is 204 g/mol. The highest BCUT2D eigenvalue weighted by Crippen LogP contribution is 2.49. The molecule has 92 valence electrons. The molecule has 0 aliphatic heterocycles. The molecule has 0 nitrogen and oxygen atoms in total. The lowest BCUT2D eigenvalue weighted by atomic mass is 9.75. The maximum atomic E-state index is 2.47. The van der Waals surface area contributed by atoms with Gasteiger partial charge >= 0.3 is 0 Å². The molecule has 1 atom stereocenters. The van der Waals surface area contributed by atoms with Gasteiger partial charge in [-0.2, -0.15) is 0 Å². The number of hydrogen-bond donors (Lipinski definition) is 0. The van der Waals surface area contributed by atoms with E-state index >= 15 is 0 Å². The van der Waals surface area contributed by atoms with E-state index in [-0.39, 0.29) is 5.41 Å². The van der Waals surface area contributed by atoms with Gasteiger partial charge in [0.15, 0.2) is 0 Å². The van der Waals surface area contributed by atoms with Crippen LogP contribution < -0.4 is 0 Å². The molecule has 0 radical (unpaired) electrons. The summed E-state index contributed by atoms with van der Waals surface area (Å²) >= 11 is 0. The van der Waals surface area contributed by atoms with Gasteiger partial charge in [0.2, 0.25) is 0 Å². The van der Waals surface area contributed by atoms with Gasteiger partial charge in [0.05, 0.1) is 0 Å². The zero-order chi connectivity index (χ0) is 12.6. The minimum absolute atomic E-state index is 0.183. The van der Waals surface area contributed by atoms with Crippen LogP contribution in [-0.2, 0) is 0 Å². The summed E-state index contributed by atoms with van der Waals surface area (Å²) in [7, 11) is 0. The van der Waals surface area contributed by atoms with Crippen molar-refractivity contribution >= 4 is 0 Å². The first-order chi connectivity index (χ1) is 8.00. The molecule has 2 aliphatic carbocycles. The second-order valence-electron chi connectivity index (χ2n) is 5.64. The first-order valence-electron chi connectivity index (χ1n) is 6.77. The fourth-order valence-corrected chi connectivity index (χ4v) is 3.25. The van der Waals surface area contributed by atoms with Gasteiger partial charge < -0.3 is 0 Å². The Labute approximate surface area is 106 Å². The molecule has 0 N–H and O–H groups in total. The molecule has 0 bridgehead atoms. The SMILES string of the molecule is CCCC1=C(C2(C)C=C(C)C(C)=C2C)CC=C1. The first-order valence-corrected chi connectivity index (χ1v) is 6.77. The maximum absolute atomic E-state index is 2.47. The maximum Gasteiger partial charge on any atom is 0.0289 e. The number of hydrogen-bond acceptors (Lipinski definition) is 0. The second-order valence-corrected chi connectivity index (χ2v) is 5.64. The Morgan fingerprint density at radius 1 is 1.24 bits per heavy atom. The fourth-order valence-electron chi connectivity index (χ4n) is 3.25. The third kappa shape index (κ3) is 1.84. The lowest BCUT2D eigenvalue weighted by Gasteiger charge is -2.28. The Kier molecular flexibility index (Phi) is 3.16. The molecule has 0 aromatic rings. The number of rotatable bonds is 3. The molecule has 2 aliphatic rings. The van der Waals surface area contributed by atoms with Gasteiger partial charge in [0.1, 0.15) is 0 Å². The Balaban J connectivity index is 2.45. The quantitative estimate of drug-likeness (QED) is 0.611. The van der Waals surface area contributed by atoms with E-state index in [1.807, 2.05) is 0 Å². The summed E-state index contributed by atoms with van der Waals surface area (Å²) in [5.74, 6) is 0. The van der Waals surface area contributed by atoms with Gasteiger partial charge in [-0.25, -0.2) is 0 Å². The summed E-state index contributed by atoms with van der Waals surface area (Å²) in [6.07, 6.45) is 10.7. The third-order valence-electron chi connectivity index (χ3n) is 4.61. The Bertz CT molecular complexity index is 454. The van der Waals surface area contributed by atoms with Crippen LogP contribution in [0.3, 0.4) is 0 Å². The van der Waals surface area contributed by atoms with Crippen LogP contribution in [0, 0.1) is 5.41 Å². The zero-order valence-corrected chi connectivity index (χ0v) is 11.9. The summed E-state index contributed by atoms with van der Waals surface area (Å²) in [5, 5.41) is 0. The van der Waals surface area contributed by atoms with E-state index in [0.29, 0.717) is 0 Å². The molecule has 0 spiro atoms. The standard InChI is InChI=1S/C17H24/c1-6-8-15-9-7-10-16(15)17(5)11-12(2)13(3)14(17)4/h7,9,11H,6,8,10H2,1-5H3. The minimum atomic E-state index is 0.183. The van der Waals surface area contributed by atoms with Crippen LogP contribution in [0.25, 0.3) is 0 Å². The van der Waals surface area contributed by atoms with E-state index in [1.54, 1.807) is 16.7 Å². The number of allylic oxidation sites excluding steroid dienone is 8. The summed E-state index contributed by atoms with van der Waals surface area (Å²) in [6.45, 7) is 11.5. The third-order valence-corrected chi connectivity index (χ3v) is 4.61. The van der Waals surface area contributed by atoms with Crippen molar-refractivity contribution in [2.45, 2.75) is 53.9 Å². The molecule has 0 amide bonds. The fraction of sp³-hybridized carbons (Fsp3) is 0.529. The van der Waals surface area contributed by atoms with Gasteiger partial charge in [-0.1, -0.05) is 42.7 Å². The highest BCUT2D eigenvalue weighted by molar-refractivity contribution is 5.54. The zero-order valence-electron chi connectivity index (χ0n) is 11.9. The van der Waals surface area contributed by atoms with E-state index in [1.165, 1.54) is 24.0 Å². The van der Waals surface area contributed by atoms with Gasteiger partial charge in [0.25, 0.3) is 0 Å². The molecule has 17 heavy (non-hydrogen) atoms. The van der Waals surface area contributed by atoms with Crippen LogP contribution in [0.15, 0.2) is 46.1 Å². The van der Waals surface area contributed by atoms with Crippen LogP contribution in [-0.4, -0.2) is 0 Å². The van der Waals surface area contributed by atoms with Crippen LogP contribution >= 0.6 is 0 Å². The van der Waals surface area contributed by atoms with E-state index in [2.05, 4.69) is 52.8 Å². The lowest BCUT2D eigenvalue weighted by Crippen LogP contribution is -2.16. The van der Waals surface area contributed by atoms with E-state index in [4.69, 9.17) is 0 Å². The van der Waals surface area contributed by atoms with E-state index < -0.39 is 0 Å². The van der Waals surface area contributed by atoms with Gasteiger partial charge in [-0.05, 0) is 57.3 Å². The van der Waals surface area contributed by atoms with Crippen molar-refractivity contribution in [1.29, 1.82) is 0 Å². The molecule has 0 heterocycles. The molecule has 0 saturated carbocycles. The Hall–Kier alpha value is -1.04. The summed E-state index contributed by atoms with van der Waals surface area (Å²) in [6, 6.07) is 0. The smallest absolute Gasteiger partial charge is 0.0289 e. The first kappa shape index (κ1) is 12.4. The average Bonchev–Trinajstić information content (AvgIpc) is 2.82. The van der Waals surface area contributed by atoms with Crippen molar-refractivity contribution in [2.24, 2.45) is 5.41 Å². The molecule has 0 saturated heterocycles. The predicted octanol–water partition coefficient (Wildman–Crippen LogP) is 5.35. The Morgan fingerprint density at radius 3 is 2.47 bits per heavy atom. The normalized spacial score (nSPS) is 28.4. The van der Waals surface area contributed by atoms with Crippen LogP contribution in [0.4, 0.5) is 0 Å². The van der Waals surface area contributed by atoms with Crippen LogP contribution in [0.5, 0.6) is 0 Å². The van der Waals surface area contributed by atoms with Crippen LogP contribution in [0.2, 0.25) is 0 Å². The summed E-state index contributed by atoms with van der Waals surface area (Å²) in [4.78, 5) is 0. The van der Waals surface area contributed by atoms with Crippen molar-refractivity contribution in [3.8, 4) is 0 Å². The summed E-state index contributed by atoms with van der Waals surface area (Å²) < 4.78 is 0. The highest BCUT2D eigenvalue weighted by atomic mass is 14.4. The van der Waals surface area contributed by atoms with Crippen molar-refractivity contribution in [1.82, 2.24) is 0 Å². The Morgan fingerprint density at radius 2 is 1.94 bits per heavy atom. The predicted molar refractivity (Wildman–Crippen MR) is 75.9 cm³/mol. The molecular formula is C17H24. The van der Waals surface area contributed by atoms with E-state index in [9.17, 15) is 0 Å². The average molecular weight is 228 g/mol. The highest BCUT2D eigenvalue weighted by Gasteiger charge is 2.35. The molecule has 0 aromatic heterocycles. The minimum Gasteiger partial charge on any atom is -0.0801 e. The van der Waals surface area contributed by atoms with Crippen LogP contribution in [0.1, 0.15) is 53.9 Å². The molecule has 0 fully saturated rings. The second kappa shape index (κ2) is 4.33. The van der Waals surface area contributed by atoms with Crippen molar-refractivity contribution < 1.29 is 0 Å². The van der Waals surface area contributed by atoms with Gasteiger partial charge in [-0.3, -0.25) is 0 Å². The monoisotopic (exact) mass is 228 g/mol. The van der Waals surface area contributed by atoms with Crippen molar-refractivity contribution in [3.05, 3.63) is 46.1 Å². The largest absolute Gasteiger partial charge is 0.0801 e. The lowest BCUT2D eigenvalue weighted by molar-refractivity contribution is 0.602. The van der Waals surface area contributed by atoms with E-state index in [0.717, 1.165) is 6.42 Å². The summed E-state index contributed by atoms with van der Waals surface area (Å²) in [5.41, 5.74) is 7.88. The molecule has 1 unspecified atom stereocenters.